The summed E-state index contributed by atoms with van der Waals surface area (Å²) in [6, 6.07) is 7.16. The SMILES string of the molecule is COC(=O)C[C@H](C)NC(=O)CCc1ncc(-c2ccc(OC)cc2)o1. The Bertz CT molecular complexity index is 709. The molecule has 7 heteroatoms. The molecule has 0 spiro atoms. The number of esters is 1. The molecule has 25 heavy (non-hydrogen) atoms. The van der Waals surface area contributed by atoms with Crippen LogP contribution in [0.4, 0.5) is 0 Å². The lowest BCUT2D eigenvalue weighted by Gasteiger charge is -2.11. The summed E-state index contributed by atoms with van der Waals surface area (Å²) in [5.41, 5.74) is 0.885. The number of amides is 1. The zero-order chi connectivity index (χ0) is 18.2. The molecule has 0 unspecified atom stereocenters. The van der Waals surface area contributed by atoms with Crippen molar-refractivity contribution in [3.63, 3.8) is 0 Å². The van der Waals surface area contributed by atoms with Crippen molar-refractivity contribution in [3.05, 3.63) is 36.4 Å². The number of ether oxygens (including phenoxy) is 2. The highest BCUT2D eigenvalue weighted by atomic mass is 16.5. The Morgan fingerprint density at radius 3 is 2.60 bits per heavy atom. The molecule has 2 rings (SSSR count). The van der Waals surface area contributed by atoms with E-state index in [2.05, 4.69) is 15.0 Å². The van der Waals surface area contributed by atoms with E-state index in [9.17, 15) is 9.59 Å². The van der Waals surface area contributed by atoms with Crippen LogP contribution >= 0.6 is 0 Å². The van der Waals surface area contributed by atoms with Gasteiger partial charge in [-0.25, -0.2) is 4.98 Å². The van der Waals surface area contributed by atoms with E-state index in [-0.39, 0.29) is 30.8 Å². The zero-order valence-corrected chi connectivity index (χ0v) is 14.6. The van der Waals surface area contributed by atoms with E-state index in [0.717, 1.165) is 11.3 Å². The number of oxazole rings is 1. The van der Waals surface area contributed by atoms with Crippen LogP contribution in [-0.4, -0.2) is 37.1 Å². The Balaban J connectivity index is 1.84. The van der Waals surface area contributed by atoms with E-state index in [1.165, 1.54) is 7.11 Å². The molecule has 1 N–H and O–H groups in total. The Labute approximate surface area is 146 Å². The van der Waals surface area contributed by atoms with Gasteiger partial charge in [0.1, 0.15) is 5.75 Å². The van der Waals surface area contributed by atoms with E-state index < -0.39 is 0 Å². The third-order valence-electron chi connectivity index (χ3n) is 3.60. The van der Waals surface area contributed by atoms with Gasteiger partial charge in [-0.3, -0.25) is 9.59 Å². The lowest BCUT2D eigenvalue weighted by molar-refractivity contribution is -0.141. The lowest BCUT2D eigenvalue weighted by atomic mass is 10.2. The highest BCUT2D eigenvalue weighted by molar-refractivity contribution is 5.77. The Hall–Kier alpha value is -2.83. The predicted octanol–water partition coefficient (Wildman–Crippen LogP) is 2.35. The molecule has 134 valence electrons. The van der Waals surface area contributed by atoms with Crippen molar-refractivity contribution in [1.29, 1.82) is 0 Å². The van der Waals surface area contributed by atoms with Gasteiger partial charge in [-0.2, -0.15) is 0 Å². The number of carbonyl (C=O) groups excluding carboxylic acids is 2. The second kappa shape index (κ2) is 8.86. The van der Waals surface area contributed by atoms with Crippen LogP contribution in [0.1, 0.15) is 25.7 Å². The van der Waals surface area contributed by atoms with Crippen LogP contribution in [-0.2, 0) is 20.7 Å². The van der Waals surface area contributed by atoms with Crippen molar-refractivity contribution < 1.29 is 23.5 Å². The van der Waals surface area contributed by atoms with Crippen molar-refractivity contribution in [2.24, 2.45) is 0 Å². The largest absolute Gasteiger partial charge is 0.497 e. The van der Waals surface area contributed by atoms with Crippen LogP contribution in [0.3, 0.4) is 0 Å². The van der Waals surface area contributed by atoms with Crippen molar-refractivity contribution in [2.75, 3.05) is 14.2 Å². The standard InChI is InChI=1S/C18H22N2O5/c1-12(10-18(22)24-3)20-16(21)8-9-17-19-11-15(25-17)13-4-6-14(23-2)7-5-13/h4-7,11-12H,8-10H2,1-3H3,(H,20,21)/t12-/m0/s1. The van der Waals surface area contributed by atoms with Gasteiger partial charge in [0.05, 0.1) is 26.8 Å². The first-order chi connectivity index (χ1) is 12.0. The van der Waals surface area contributed by atoms with E-state index in [4.69, 9.17) is 9.15 Å². The fourth-order valence-corrected chi connectivity index (χ4v) is 2.27. The molecular formula is C18H22N2O5. The number of benzene rings is 1. The number of carbonyl (C=O) groups is 2. The van der Waals surface area contributed by atoms with Crippen molar-refractivity contribution in [1.82, 2.24) is 10.3 Å². The molecule has 0 aliphatic rings. The third kappa shape index (κ3) is 5.63. The first kappa shape index (κ1) is 18.5. The van der Waals surface area contributed by atoms with Crippen molar-refractivity contribution in [2.45, 2.75) is 32.2 Å². The number of aryl methyl sites for hydroxylation is 1. The molecule has 1 atom stereocenters. The molecule has 0 saturated heterocycles. The number of methoxy groups -OCH3 is 2. The molecule has 0 radical (unpaired) electrons. The minimum atomic E-state index is -0.357. The fourth-order valence-electron chi connectivity index (χ4n) is 2.27. The second-order valence-corrected chi connectivity index (χ2v) is 5.60. The molecule has 7 nitrogen and oxygen atoms in total. The summed E-state index contributed by atoms with van der Waals surface area (Å²) in [5, 5.41) is 2.74. The smallest absolute Gasteiger partial charge is 0.307 e. The van der Waals surface area contributed by atoms with Crippen LogP contribution in [0.15, 0.2) is 34.9 Å². The first-order valence-electron chi connectivity index (χ1n) is 7.97. The summed E-state index contributed by atoms with van der Waals surface area (Å²) >= 11 is 0. The lowest BCUT2D eigenvalue weighted by Crippen LogP contribution is -2.34. The average molecular weight is 346 g/mol. The van der Waals surface area contributed by atoms with Gasteiger partial charge < -0.3 is 19.2 Å². The number of rotatable bonds is 8. The molecule has 0 aliphatic heterocycles. The van der Waals surface area contributed by atoms with Gasteiger partial charge in [0.25, 0.3) is 0 Å². The van der Waals surface area contributed by atoms with Crippen molar-refractivity contribution >= 4 is 11.9 Å². The molecule has 0 fully saturated rings. The molecule has 0 bridgehead atoms. The zero-order valence-electron chi connectivity index (χ0n) is 14.6. The van der Waals surface area contributed by atoms with Crippen molar-refractivity contribution in [3.8, 4) is 17.1 Å². The maximum absolute atomic E-state index is 11.9. The summed E-state index contributed by atoms with van der Waals surface area (Å²) < 4.78 is 15.4. The fraction of sp³-hybridized carbons (Fsp3) is 0.389. The molecule has 1 aromatic carbocycles. The summed E-state index contributed by atoms with van der Waals surface area (Å²) in [6.07, 6.45) is 2.39. The van der Waals surface area contributed by atoms with Gasteiger partial charge in [0.15, 0.2) is 11.7 Å². The van der Waals surface area contributed by atoms with Gasteiger partial charge in [-0.15, -0.1) is 0 Å². The van der Waals surface area contributed by atoms with Crippen LogP contribution in [0, 0.1) is 0 Å². The van der Waals surface area contributed by atoms with E-state index in [0.29, 0.717) is 18.1 Å². The number of hydrogen-bond acceptors (Lipinski definition) is 6. The van der Waals surface area contributed by atoms with Crippen LogP contribution in [0.25, 0.3) is 11.3 Å². The highest BCUT2D eigenvalue weighted by Crippen LogP contribution is 2.23. The van der Waals surface area contributed by atoms with E-state index in [1.807, 2.05) is 24.3 Å². The van der Waals surface area contributed by atoms with Gasteiger partial charge in [-0.1, -0.05) is 0 Å². The number of nitrogens with zero attached hydrogens (tertiary/aromatic N) is 1. The van der Waals surface area contributed by atoms with Gasteiger partial charge in [0.2, 0.25) is 5.91 Å². The van der Waals surface area contributed by atoms with Crippen LogP contribution in [0.2, 0.25) is 0 Å². The topological polar surface area (TPSA) is 90.7 Å². The Kier molecular flexibility index (Phi) is 6.56. The van der Waals surface area contributed by atoms with Gasteiger partial charge in [-0.05, 0) is 31.2 Å². The van der Waals surface area contributed by atoms with Crippen LogP contribution < -0.4 is 10.1 Å². The first-order valence-corrected chi connectivity index (χ1v) is 7.97. The summed E-state index contributed by atoms with van der Waals surface area (Å²) in [6.45, 7) is 1.75. The third-order valence-corrected chi connectivity index (χ3v) is 3.60. The second-order valence-electron chi connectivity index (χ2n) is 5.60. The number of aromatic nitrogens is 1. The Morgan fingerprint density at radius 2 is 1.96 bits per heavy atom. The van der Waals surface area contributed by atoms with E-state index >= 15 is 0 Å². The Morgan fingerprint density at radius 1 is 1.24 bits per heavy atom. The molecule has 0 saturated carbocycles. The van der Waals surface area contributed by atoms with Gasteiger partial charge in [0, 0.05) is 24.4 Å². The highest BCUT2D eigenvalue weighted by Gasteiger charge is 2.13. The molecule has 0 aliphatic carbocycles. The average Bonchev–Trinajstić information content (AvgIpc) is 3.08. The van der Waals surface area contributed by atoms with Crippen LogP contribution in [0.5, 0.6) is 5.75 Å². The normalized spacial score (nSPS) is 11.6. The minimum absolute atomic E-state index is 0.142. The quantitative estimate of drug-likeness (QED) is 0.738. The molecule has 1 aromatic heterocycles. The molecule has 1 heterocycles. The number of hydrogen-bond donors (Lipinski definition) is 1. The summed E-state index contributed by atoms with van der Waals surface area (Å²) in [4.78, 5) is 27.2. The maximum Gasteiger partial charge on any atom is 0.307 e. The molecular weight excluding hydrogens is 324 g/mol. The molecule has 1 amide bonds. The van der Waals surface area contributed by atoms with Gasteiger partial charge >= 0.3 is 5.97 Å². The molecule has 2 aromatic rings. The maximum atomic E-state index is 11.9. The number of nitrogens with one attached hydrogen (secondary N) is 1. The summed E-state index contributed by atoms with van der Waals surface area (Å²) in [5.74, 6) is 1.37. The summed E-state index contributed by atoms with van der Waals surface area (Å²) in [7, 11) is 2.93. The monoisotopic (exact) mass is 346 g/mol. The minimum Gasteiger partial charge on any atom is -0.497 e. The van der Waals surface area contributed by atoms with E-state index in [1.54, 1.807) is 20.2 Å². The predicted molar refractivity (Wildman–Crippen MR) is 91.0 cm³/mol.